The second-order valence-corrected chi connectivity index (χ2v) is 7.02. The average Bonchev–Trinajstić information content (AvgIpc) is 3.13. The minimum absolute atomic E-state index is 0.0564. The summed E-state index contributed by atoms with van der Waals surface area (Å²) in [5.74, 6) is -0.346. The van der Waals surface area contributed by atoms with Crippen molar-refractivity contribution in [3.63, 3.8) is 0 Å². The van der Waals surface area contributed by atoms with Crippen LogP contribution in [0.4, 0.5) is 0 Å². The van der Waals surface area contributed by atoms with Crippen LogP contribution >= 0.6 is 11.3 Å². The third-order valence-corrected chi connectivity index (χ3v) is 5.59. The Morgan fingerprint density at radius 3 is 3.00 bits per heavy atom. The molecule has 0 aliphatic carbocycles. The van der Waals surface area contributed by atoms with Crippen molar-refractivity contribution in [2.75, 3.05) is 19.8 Å². The SMILES string of the molecule is O=C(c1cnc2sccn2c1=O)N1CC(O)CC12CCOCC2. The predicted molar refractivity (Wildman–Crippen MR) is 83.8 cm³/mol. The van der Waals surface area contributed by atoms with Crippen molar-refractivity contribution in [3.8, 4) is 0 Å². The Bertz CT molecular complexity index is 808. The van der Waals surface area contributed by atoms with Crippen molar-refractivity contribution in [1.29, 1.82) is 0 Å². The van der Waals surface area contributed by atoms with Crippen LogP contribution in [0.25, 0.3) is 4.96 Å². The van der Waals surface area contributed by atoms with E-state index in [1.807, 2.05) is 0 Å². The smallest absolute Gasteiger partial charge is 0.271 e. The maximum atomic E-state index is 13.0. The largest absolute Gasteiger partial charge is 0.391 e. The van der Waals surface area contributed by atoms with Gasteiger partial charge in [0.15, 0.2) is 4.96 Å². The number of aliphatic hydroxyl groups is 1. The summed E-state index contributed by atoms with van der Waals surface area (Å²) >= 11 is 1.35. The van der Waals surface area contributed by atoms with Crippen molar-refractivity contribution < 1.29 is 14.6 Å². The van der Waals surface area contributed by atoms with Gasteiger partial charge >= 0.3 is 0 Å². The summed E-state index contributed by atoms with van der Waals surface area (Å²) in [4.78, 5) is 31.9. The molecular formula is C15H17N3O4S. The van der Waals surface area contributed by atoms with Crippen LogP contribution in [0.5, 0.6) is 0 Å². The molecule has 1 N–H and O–H groups in total. The van der Waals surface area contributed by atoms with Crippen LogP contribution in [0.1, 0.15) is 29.6 Å². The number of hydrogen-bond donors (Lipinski definition) is 1. The van der Waals surface area contributed by atoms with E-state index in [2.05, 4.69) is 4.98 Å². The molecule has 2 aromatic heterocycles. The quantitative estimate of drug-likeness (QED) is 0.821. The Morgan fingerprint density at radius 1 is 1.43 bits per heavy atom. The topological polar surface area (TPSA) is 84.1 Å². The molecular weight excluding hydrogens is 318 g/mol. The fourth-order valence-corrected chi connectivity index (χ4v) is 4.33. The lowest BCUT2D eigenvalue weighted by Crippen LogP contribution is -2.51. The first-order valence-corrected chi connectivity index (χ1v) is 8.51. The highest BCUT2D eigenvalue weighted by molar-refractivity contribution is 7.15. The van der Waals surface area contributed by atoms with Gasteiger partial charge in [0.25, 0.3) is 11.5 Å². The summed E-state index contributed by atoms with van der Waals surface area (Å²) in [6.07, 6.45) is 4.33. The first-order valence-electron chi connectivity index (χ1n) is 7.63. The van der Waals surface area contributed by atoms with Gasteiger partial charge in [-0.2, -0.15) is 0 Å². The summed E-state index contributed by atoms with van der Waals surface area (Å²) in [6, 6.07) is 0. The predicted octanol–water partition coefficient (Wildman–Crippen LogP) is 0.512. The molecule has 4 rings (SSSR count). The molecule has 2 aliphatic heterocycles. The number of thiazole rings is 1. The first kappa shape index (κ1) is 14.8. The van der Waals surface area contributed by atoms with Crippen LogP contribution in [0.3, 0.4) is 0 Å². The van der Waals surface area contributed by atoms with Crippen molar-refractivity contribution in [2.45, 2.75) is 30.9 Å². The number of nitrogens with zero attached hydrogens (tertiary/aromatic N) is 3. The van der Waals surface area contributed by atoms with E-state index >= 15 is 0 Å². The monoisotopic (exact) mass is 335 g/mol. The second-order valence-electron chi connectivity index (χ2n) is 6.14. The third kappa shape index (κ3) is 2.29. The van der Waals surface area contributed by atoms with Gasteiger partial charge in [-0.15, -0.1) is 11.3 Å². The normalized spacial score (nSPS) is 23.7. The fraction of sp³-hybridized carbons (Fsp3) is 0.533. The molecule has 122 valence electrons. The van der Waals surface area contributed by atoms with E-state index in [9.17, 15) is 14.7 Å². The second kappa shape index (κ2) is 5.40. The van der Waals surface area contributed by atoms with Crippen LogP contribution in [0.15, 0.2) is 22.6 Å². The number of rotatable bonds is 1. The number of fused-ring (bicyclic) bond motifs is 1. The molecule has 4 heterocycles. The summed E-state index contributed by atoms with van der Waals surface area (Å²) in [5, 5.41) is 11.9. The molecule has 23 heavy (non-hydrogen) atoms. The van der Waals surface area contributed by atoms with Crippen LogP contribution in [0, 0.1) is 0 Å². The van der Waals surface area contributed by atoms with Crippen molar-refractivity contribution in [1.82, 2.24) is 14.3 Å². The zero-order valence-electron chi connectivity index (χ0n) is 12.5. The highest BCUT2D eigenvalue weighted by Gasteiger charge is 2.48. The van der Waals surface area contributed by atoms with Crippen LogP contribution < -0.4 is 5.56 Å². The lowest BCUT2D eigenvalue weighted by atomic mass is 9.86. The summed E-state index contributed by atoms with van der Waals surface area (Å²) in [5.41, 5.74) is -0.708. The Hall–Kier alpha value is -1.77. The van der Waals surface area contributed by atoms with Gasteiger partial charge in [0, 0.05) is 37.5 Å². The lowest BCUT2D eigenvalue weighted by Gasteiger charge is -2.41. The molecule has 1 amide bonds. The van der Waals surface area contributed by atoms with E-state index in [0.29, 0.717) is 37.4 Å². The minimum atomic E-state index is -0.558. The fourth-order valence-electron chi connectivity index (χ4n) is 3.66. The number of carbonyl (C=O) groups is 1. The third-order valence-electron chi connectivity index (χ3n) is 4.82. The molecule has 2 aliphatic rings. The van der Waals surface area contributed by atoms with Gasteiger partial charge in [-0.25, -0.2) is 4.98 Å². The zero-order valence-corrected chi connectivity index (χ0v) is 13.3. The molecule has 1 atom stereocenters. The molecule has 1 unspecified atom stereocenters. The maximum Gasteiger partial charge on any atom is 0.271 e. The number of carbonyl (C=O) groups excluding carboxylic acids is 1. The van der Waals surface area contributed by atoms with E-state index in [4.69, 9.17) is 4.74 Å². The number of ether oxygens (including phenoxy) is 1. The lowest BCUT2D eigenvalue weighted by molar-refractivity contribution is -0.00362. The number of aliphatic hydroxyl groups excluding tert-OH is 1. The van der Waals surface area contributed by atoms with Gasteiger partial charge in [-0.1, -0.05) is 0 Å². The Kier molecular flexibility index (Phi) is 3.47. The highest BCUT2D eigenvalue weighted by atomic mass is 32.1. The van der Waals surface area contributed by atoms with Gasteiger partial charge in [-0.3, -0.25) is 14.0 Å². The Labute approximate surface area is 136 Å². The van der Waals surface area contributed by atoms with E-state index in [0.717, 1.165) is 0 Å². The van der Waals surface area contributed by atoms with Crippen LogP contribution in [-0.2, 0) is 4.74 Å². The highest BCUT2D eigenvalue weighted by Crippen LogP contribution is 2.38. The molecule has 0 saturated carbocycles. The van der Waals surface area contributed by atoms with Crippen LogP contribution in [-0.4, -0.2) is 56.7 Å². The van der Waals surface area contributed by atoms with E-state index in [1.165, 1.54) is 21.9 Å². The molecule has 8 heteroatoms. The van der Waals surface area contributed by atoms with Gasteiger partial charge < -0.3 is 14.7 Å². The minimum Gasteiger partial charge on any atom is -0.391 e. The Balaban J connectivity index is 1.74. The number of hydrogen-bond acceptors (Lipinski definition) is 6. The van der Waals surface area contributed by atoms with Gasteiger partial charge in [0.2, 0.25) is 0 Å². The van der Waals surface area contributed by atoms with Crippen molar-refractivity contribution in [3.05, 3.63) is 33.7 Å². The van der Waals surface area contributed by atoms with Gasteiger partial charge in [0.1, 0.15) is 5.56 Å². The number of likely N-dealkylation sites (tertiary alicyclic amines) is 1. The Morgan fingerprint density at radius 2 is 2.22 bits per heavy atom. The van der Waals surface area contributed by atoms with E-state index in [1.54, 1.807) is 16.5 Å². The molecule has 0 aromatic carbocycles. The molecule has 2 fully saturated rings. The molecule has 0 bridgehead atoms. The van der Waals surface area contributed by atoms with Gasteiger partial charge in [0.05, 0.1) is 11.6 Å². The van der Waals surface area contributed by atoms with Crippen molar-refractivity contribution in [2.24, 2.45) is 0 Å². The molecule has 7 nitrogen and oxygen atoms in total. The van der Waals surface area contributed by atoms with Crippen molar-refractivity contribution >= 4 is 22.2 Å². The number of aromatic nitrogens is 2. The molecule has 2 saturated heterocycles. The number of β-amino-alcohol motifs (C(OH)–C–C–N with tert-alkyl or cyclic N) is 1. The number of amides is 1. The summed E-state index contributed by atoms with van der Waals surface area (Å²) < 4.78 is 6.79. The molecule has 2 aromatic rings. The van der Waals surface area contributed by atoms with Crippen LogP contribution in [0.2, 0.25) is 0 Å². The van der Waals surface area contributed by atoms with Gasteiger partial charge in [-0.05, 0) is 19.3 Å². The summed E-state index contributed by atoms with van der Waals surface area (Å²) in [7, 11) is 0. The average molecular weight is 335 g/mol. The van der Waals surface area contributed by atoms with E-state index in [-0.39, 0.29) is 23.6 Å². The summed E-state index contributed by atoms with van der Waals surface area (Å²) in [6.45, 7) is 1.39. The first-order chi connectivity index (χ1) is 11.1. The van der Waals surface area contributed by atoms with E-state index < -0.39 is 11.6 Å². The maximum absolute atomic E-state index is 13.0. The standard InChI is InChI=1S/C15H17N3O4S/c19-10-7-15(1-4-22-5-2-15)18(9-10)13(21)11-8-16-14-17(12(11)20)3-6-23-14/h3,6,8,10,19H,1-2,4-5,7,9H2. The molecule has 1 spiro atoms. The zero-order chi connectivity index (χ0) is 16.0. The molecule has 0 radical (unpaired) electrons.